The number of rotatable bonds is 6. The van der Waals surface area contributed by atoms with Crippen LogP contribution in [0.1, 0.15) is 50.5 Å². The van der Waals surface area contributed by atoms with E-state index in [9.17, 15) is 4.79 Å². The van der Waals surface area contributed by atoms with Crippen molar-refractivity contribution in [1.29, 1.82) is 0 Å². The molecule has 2 aliphatic heterocycles. The van der Waals surface area contributed by atoms with Gasteiger partial charge in [-0.25, -0.2) is 5.01 Å². The Bertz CT molecular complexity index is 679. The van der Waals surface area contributed by atoms with Crippen LogP contribution in [0.2, 0.25) is 0 Å². The molecule has 3 unspecified atom stereocenters. The van der Waals surface area contributed by atoms with Crippen LogP contribution in [-0.4, -0.2) is 43.4 Å². The van der Waals surface area contributed by atoms with Gasteiger partial charge < -0.3 is 10.1 Å². The molecule has 5 heteroatoms. The van der Waals surface area contributed by atoms with E-state index in [1.54, 1.807) is 7.05 Å². The molecule has 1 N–H and O–H groups in total. The zero-order valence-electron chi connectivity index (χ0n) is 16.3. The molecule has 0 bridgehead atoms. The van der Waals surface area contributed by atoms with E-state index in [0.717, 1.165) is 61.8 Å². The highest BCUT2D eigenvalue weighted by atomic mass is 16.5. The average molecular weight is 370 g/mol. The molecule has 1 amide bonds. The summed E-state index contributed by atoms with van der Waals surface area (Å²) in [6.07, 6.45) is 8.18. The minimum absolute atomic E-state index is 0.118. The van der Waals surface area contributed by atoms with E-state index >= 15 is 0 Å². The number of hydrogen-bond donors (Lipinski definition) is 1. The Labute approximate surface area is 162 Å². The molecule has 2 heterocycles. The van der Waals surface area contributed by atoms with Crippen LogP contribution in [0.5, 0.6) is 5.75 Å². The van der Waals surface area contributed by atoms with E-state index in [0.29, 0.717) is 0 Å². The highest BCUT2D eigenvalue weighted by Gasteiger charge is 2.41. The summed E-state index contributed by atoms with van der Waals surface area (Å²) in [6, 6.07) is 8.28. The predicted molar refractivity (Wildman–Crippen MR) is 107 cm³/mol. The van der Waals surface area contributed by atoms with Crippen molar-refractivity contribution >= 4 is 11.6 Å². The molecule has 3 aliphatic rings. The topological polar surface area (TPSA) is 53.9 Å². The molecule has 0 aromatic heterocycles. The van der Waals surface area contributed by atoms with Gasteiger partial charge in [0.2, 0.25) is 5.91 Å². The number of nitrogens with one attached hydrogen (secondary N) is 1. The summed E-state index contributed by atoms with van der Waals surface area (Å²) in [6.45, 7) is 3.12. The lowest BCUT2D eigenvalue weighted by Crippen LogP contribution is -2.40. The van der Waals surface area contributed by atoms with Crippen LogP contribution in [0.3, 0.4) is 0 Å². The number of nitrogens with zero attached hydrogens (tertiary/aromatic N) is 2. The molecule has 27 heavy (non-hydrogen) atoms. The third-order valence-electron chi connectivity index (χ3n) is 6.34. The second kappa shape index (κ2) is 8.42. The molecule has 1 aromatic rings. The normalized spacial score (nSPS) is 28.0. The standard InChI is InChI=1S/C22H31N3O2/c1-25-22(26)20-8-2-7-19(20)21(24-25)17-9-11-18(12-10-17)27-14-4-6-16-5-3-13-23-15-16/h9-12,16,19-20,23H,2-8,13-15H2,1H3. The first-order chi connectivity index (χ1) is 13.2. The number of amides is 1. The molecular weight excluding hydrogens is 338 g/mol. The first-order valence-corrected chi connectivity index (χ1v) is 10.5. The molecule has 1 aliphatic carbocycles. The largest absolute Gasteiger partial charge is 0.494 e. The minimum Gasteiger partial charge on any atom is -0.494 e. The van der Waals surface area contributed by atoms with Gasteiger partial charge in [-0.2, -0.15) is 5.10 Å². The molecule has 1 saturated carbocycles. The van der Waals surface area contributed by atoms with E-state index in [1.165, 1.54) is 30.8 Å². The summed E-state index contributed by atoms with van der Waals surface area (Å²) in [5, 5.41) is 9.60. The van der Waals surface area contributed by atoms with Gasteiger partial charge in [0.05, 0.1) is 12.3 Å². The van der Waals surface area contributed by atoms with Crippen molar-refractivity contribution in [3.63, 3.8) is 0 Å². The number of hydrogen-bond acceptors (Lipinski definition) is 4. The third kappa shape index (κ3) is 4.18. The Balaban J connectivity index is 1.32. The fourth-order valence-electron chi connectivity index (χ4n) is 4.83. The van der Waals surface area contributed by atoms with Crippen molar-refractivity contribution in [2.75, 3.05) is 26.7 Å². The van der Waals surface area contributed by atoms with Crippen LogP contribution in [0, 0.1) is 17.8 Å². The zero-order chi connectivity index (χ0) is 18.6. The Morgan fingerprint density at radius 3 is 2.74 bits per heavy atom. The Hall–Kier alpha value is -1.88. The fraction of sp³-hybridized carbons (Fsp3) is 0.636. The minimum atomic E-state index is 0.118. The molecule has 5 nitrogen and oxygen atoms in total. The first-order valence-electron chi connectivity index (χ1n) is 10.5. The molecule has 4 rings (SSSR count). The third-order valence-corrected chi connectivity index (χ3v) is 6.34. The Kier molecular flexibility index (Phi) is 5.77. The van der Waals surface area contributed by atoms with E-state index < -0.39 is 0 Å². The number of ether oxygens (including phenoxy) is 1. The van der Waals surface area contributed by atoms with Crippen LogP contribution in [0.15, 0.2) is 29.4 Å². The predicted octanol–water partition coefficient (Wildman–Crippen LogP) is 3.44. The molecule has 2 fully saturated rings. The number of hydrazone groups is 1. The lowest BCUT2D eigenvalue weighted by Gasteiger charge is -2.30. The van der Waals surface area contributed by atoms with Gasteiger partial charge in [-0.1, -0.05) is 6.42 Å². The quantitative estimate of drug-likeness (QED) is 0.782. The van der Waals surface area contributed by atoms with Gasteiger partial charge in [-0.3, -0.25) is 4.79 Å². The average Bonchev–Trinajstić information content (AvgIpc) is 3.20. The summed E-state index contributed by atoms with van der Waals surface area (Å²) in [5.41, 5.74) is 2.18. The van der Waals surface area contributed by atoms with Crippen LogP contribution in [-0.2, 0) is 4.79 Å². The number of carbonyl (C=O) groups is 1. The summed E-state index contributed by atoms with van der Waals surface area (Å²) >= 11 is 0. The maximum atomic E-state index is 12.3. The van der Waals surface area contributed by atoms with Gasteiger partial charge in [0, 0.05) is 18.9 Å². The summed E-state index contributed by atoms with van der Waals surface area (Å²) in [7, 11) is 1.77. The van der Waals surface area contributed by atoms with Gasteiger partial charge >= 0.3 is 0 Å². The first kappa shape index (κ1) is 18.5. The zero-order valence-corrected chi connectivity index (χ0v) is 16.3. The van der Waals surface area contributed by atoms with E-state index in [-0.39, 0.29) is 17.7 Å². The molecule has 1 aromatic carbocycles. The van der Waals surface area contributed by atoms with Crippen molar-refractivity contribution in [3.8, 4) is 5.75 Å². The Morgan fingerprint density at radius 2 is 1.96 bits per heavy atom. The monoisotopic (exact) mass is 369 g/mol. The molecule has 0 radical (unpaired) electrons. The van der Waals surface area contributed by atoms with Gasteiger partial charge in [0.1, 0.15) is 5.75 Å². The van der Waals surface area contributed by atoms with Crippen LogP contribution in [0.4, 0.5) is 0 Å². The fourth-order valence-corrected chi connectivity index (χ4v) is 4.83. The van der Waals surface area contributed by atoms with Gasteiger partial charge in [0.25, 0.3) is 0 Å². The number of fused-ring (bicyclic) bond motifs is 1. The van der Waals surface area contributed by atoms with Crippen molar-refractivity contribution < 1.29 is 9.53 Å². The molecule has 3 atom stereocenters. The van der Waals surface area contributed by atoms with Gasteiger partial charge in [-0.05, 0) is 87.4 Å². The summed E-state index contributed by atoms with van der Waals surface area (Å²) in [5.74, 6) is 2.31. The lowest BCUT2D eigenvalue weighted by molar-refractivity contribution is -0.135. The second-order valence-electron chi connectivity index (χ2n) is 8.22. The molecular formula is C22H31N3O2. The lowest BCUT2D eigenvalue weighted by atomic mass is 9.86. The van der Waals surface area contributed by atoms with Crippen molar-refractivity contribution in [3.05, 3.63) is 29.8 Å². The van der Waals surface area contributed by atoms with Crippen LogP contribution < -0.4 is 10.1 Å². The van der Waals surface area contributed by atoms with E-state index in [1.807, 2.05) is 12.1 Å². The summed E-state index contributed by atoms with van der Waals surface area (Å²) < 4.78 is 5.94. The number of carbonyl (C=O) groups excluding carboxylic acids is 1. The van der Waals surface area contributed by atoms with Crippen LogP contribution >= 0.6 is 0 Å². The van der Waals surface area contributed by atoms with Crippen LogP contribution in [0.25, 0.3) is 0 Å². The highest BCUT2D eigenvalue weighted by molar-refractivity contribution is 6.06. The van der Waals surface area contributed by atoms with Gasteiger partial charge in [-0.15, -0.1) is 0 Å². The number of benzene rings is 1. The van der Waals surface area contributed by atoms with Crippen molar-refractivity contribution in [2.24, 2.45) is 22.9 Å². The van der Waals surface area contributed by atoms with Crippen molar-refractivity contribution in [1.82, 2.24) is 10.3 Å². The van der Waals surface area contributed by atoms with Gasteiger partial charge in [0.15, 0.2) is 0 Å². The number of piperidine rings is 1. The smallest absolute Gasteiger partial charge is 0.246 e. The summed E-state index contributed by atoms with van der Waals surface area (Å²) in [4.78, 5) is 12.3. The SMILES string of the molecule is CN1N=C(c2ccc(OCCCC3CCCNC3)cc2)C2CCCC2C1=O. The maximum absolute atomic E-state index is 12.3. The molecule has 146 valence electrons. The van der Waals surface area contributed by atoms with Crippen molar-refractivity contribution in [2.45, 2.75) is 44.9 Å². The van der Waals surface area contributed by atoms with E-state index in [2.05, 4.69) is 22.6 Å². The van der Waals surface area contributed by atoms with E-state index in [4.69, 9.17) is 4.74 Å². The highest BCUT2D eigenvalue weighted by Crippen LogP contribution is 2.38. The maximum Gasteiger partial charge on any atom is 0.246 e. The molecule has 1 saturated heterocycles. The second-order valence-corrected chi connectivity index (χ2v) is 8.22. The molecule has 0 spiro atoms. The Morgan fingerprint density at radius 1 is 1.15 bits per heavy atom.